The van der Waals surface area contributed by atoms with Crippen LogP contribution in [0.5, 0.6) is 0 Å². The van der Waals surface area contributed by atoms with E-state index < -0.39 is 0 Å². The molecule has 0 radical (unpaired) electrons. The van der Waals surface area contributed by atoms with Gasteiger partial charge in [-0.25, -0.2) is 4.90 Å². The minimum atomic E-state index is -0.266. The molecular formula is C19H16N2O2. The van der Waals surface area contributed by atoms with Gasteiger partial charge in [0, 0.05) is 11.8 Å². The summed E-state index contributed by atoms with van der Waals surface area (Å²) in [7, 11) is 0. The van der Waals surface area contributed by atoms with Crippen LogP contribution in [0.2, 0.25) is 0 Å². The number of hydrogen-bond acceptors (Lipinski definition) is 3. The Bertz CT molecular complexity index is 788. The fraction of sp³-hybridized carbons (Fsp3) is 0.316. The maximum absolute atomic E-state index is 12.9. The number of hydrogen-bond donors (Lipinski definition) is 0. The molecule has 3 aliphatic rings. The van der Waals surface area contributed by atoms with Crippen molar-refractivity contribution in [3.05, 3.63) is 53.1 Å². The predicted octanol–water partition coefficient (Wildman–Crippen LogP) is 2.82. The number of carbonyl (C=O) groups is 2. The van der Waals surface area contributed by atoms with Crippen molar-refractivity contribution in [2.45, 2.75) is 13.8 Å². The van der Waals surface area contributed by atoms with E-state index in [4.69, 9.17) is 5.26 Å². The average Bonchev–Trinajstić information content (AvgIpc) is 3.18. The van der Waals surface area contributed by atoms with E-state index in [2.05, 4.69) is 26.0 Å². The van der Waals surface area contributed by atoms with Crippen molar-refractivity contribution >= 4 is 17.5 Å². The van der Waals surface area contributed by atoms with Crippen molar-refractivity contribution in [3.8, 4) is 6.07 Å². The summed E-state index contributed by atoms with van der Waals surface area (Å²) in [5.41, 5.74) is 3.54. The van der Waals surface area contributed by atoms with Gasteiger partial charge in [0.2, 0.25) is 11.8 Å². The second kappa shape index (κ2) is 4.66. The molecule has 4 rings (SSSR count). The first kappa shape index (κ1) is 14.0. The molecule has 2 bridgehead atoms. The van der Waals surface area contributed by atoms with Gasteiger partial charge >= 0.3 is 0 Å². The van der Waals surface area contributed by atoms with Gasteiger partial charge in [0.15, 0.2) is 0 Å². The molecule has 0 unspecified atom stereocenters. The molecule has 2 amide bonds. The number of fused-ring (bicyclic) bond motifs is 5. The highest BCUT2D eigenvalue weighted by Crippen LogP contribution is 2.57. The van der Waals surface area contributed by atoms with Gasteiger partial charge in [-0.1, -0.05) is 23.3 Å². The number of amides is 2. The number of benzene rings is 1. The summed E-state index contributed by atoms with van der Waals surface area (Å²) in [6.45, 7) is 4.10. The summed E-state index contributed by atoms with van der Waals surface area (Å²) in [5, 5.41) is 8.88. The normalized spacial score (nSPS) is 30.8. The van der Waals surface area contributed by atoms with Crippen LogP contribution in [0.3, 0.4) is 0 Å². The smallest absolute Gasteiger partial charge is 0.238 e. The minimum Gasteiger partial charge on any atom is -0.274 e. The molecule has 4 nitrogen and oxygen atoms in total. The monoisotopic (exact) mass is 304 g/mol. The standard InChI is InChI=1S/C19H16N2O2/c1-10(2)15-13-7-8-14(15)17-16(13)18(22)21(19(17)23)12-5-3-11(9-20)4-6-12/h3-8,13-14,16-17H,1-2H3/t13-,14-,16+,17+/m1/s1. The van der Waals surface area contributed by atoms with Gasteiger partial charge in [-0.2, -0.15) is 5.26 Å². The second-order valence-corrected chi connectivity index (χ2v) is 6.61. The number of imide groups is 1. The van der Waals surface area contributed by atoms with Crippen LogP contribution < -0.4 is 4.90 Å². The summed E-state index contributed by atoms with van der Waals surface area (Å²) in [4.78, 5) is 27.1. The van der Waals surface area contributed by atoms with E-state index in [-0.39, 0.29) is 35.5 Å². The Morgan fingerprint density at radius 3 is 1.96 bits per heavy atom. The zero-order valence-electron chi connectivity index (χ0n) is 13.0. The lowest BCUT2D eigenvalue weighted by molar-refractivity contribution is -0.122. The lowest BCUT2D eigenvalue weighted by atomic mass is 9.85. The maximum atomic E-state index is 12.9. The number of rotatable bonds is 1. The first-order valence-corrected chi connectivity index (χ1v) is 7.78. The third-order valence-corrected chi connectivity index (χ3v) is 5.25. The third-order valence-electron chi connectivity index (χ3n) is 5.25. The summed E-state index contributed by atoms with van der Waals surface area (Å²) in [6, 6.07) is 8.67. The molecule has 114 valence electrons. The summed E-state index contributed by atoms with van der Waals surface area (Å²) in [5.74, 6) is -0.624. The molecule has 0 N–H and O–H groups in total. The van der Waals surface area contributed by atoms with Crippen LogP contribution in [0.4, 0.5) is 5.69 Å². The topological polar surface area (TPSA) is 61.2 Å². The van der Waals surface area contributed by atoms with E-state index in [0.29, 0.717) is 11.3 Å². The number of nitriles is 1. The maximum Gasteiger partial charge on any atom is 0.238 e. The molecule has 1 aliphatic heterocycles. The molecule has 1 aromatic carbocycles. The van der Waals surface area contributed by atoms with Crippen LogP contribution in [-0.2, 0) is 9.59 Å². The van der Waals surface area contributed by atoms with Crippen molar-refractivity contribution in [1.29, 1.82) is 5.26 Å². The molecule has 2 aliphatic carbocycles. The van der Waals surface area contributed by atoms with Gasteiger partial charge in [-0.05, 0) is 38.1 Å². The van der Waals surface area contributed by atoms with Crippen LogP contribution in [0.15, 0.2) is 47.6 Å². The molecule has 0 aromatic heterocycles. The highest BCUT2D eigenvalue weighted by Gasteiger charge is 2.61. The lowest BCUT2D eigenvalue weighted by Gasteiger charge is -2.19. The van der Waals surface area contributed by atoms with E-state index >= 15 is 0 Å². The Labute approximate surface area is 134 Å². The molecule has 1 saturated heterocycles. The number of nitrogens with zero attached hydrogens (tertiary/aromatic N) is 2. The molecule has 4 atom stereocenters. The summed E-state index contributed by atoms with van der Waals surface area (Å²) < 4.78 is 0. The van der Waals surface area contributed by atoms with E-state index in [9.17, 15) is 9.59 Å². The highest BCUT2D eigenvalue weighted by atomic mass is 16.2. The second-order valence-electron chi connectivity index (χ2n) is 6.61. The molecule has 23 heavy (non-hydrogen) atoms. The minimum absolute atomic E-state index is 0.0647. The Morgan fingerprint density at radius 1 is 1.00 bits per heavy atom. The predicted molar refractivity (Wildman–Crippen MR) is 85.1 cm³/mol. The quantitative estimate of drug-likeness (QED) is 0.592. The molecule has 0 spiro atoms. The van der Waals surface area contributed by atoms with Gasteiger partial charge in [0.25, 0.3) is 0 Å². The number of allylic oxidation sites excluding steroid dienone is 4. The number of anilines is 1. The molecule has 1 aromatic rings. The van der Waals surface area contributed by atoms with Crippen LogP contribution in [0.1, 0.15) is 19.4 Å². The third kappa shape index (κ3) is 1.71. The molecule has 4 heteroatoms. The summed E-state index contributed by atoms with van der Waals surface area (Å²) >= 11 is 0. The zero-order valence-corrected chi connectivity index (χ0v) is 13.0. The van der Waals surface area contributed by atoms with Gasteiger partial charge < -0.3 is 0 Å². The van der Waals surface area contributed by atoms with Gasteiger partial charge in [-0.15, -0.1) is 0 Å². The van der Waals surface area contributed by atoms with Gasteiger partial charge in [-0.3, -0.25) is 9.59 Å². The van der Waals surface area contributed by atoms with Gasteiger partial charge in [0.05, 0.1) is 29.2 Å². The van der Waals surface area contributed by atoms with Crippen LogP contribution in [-0.4, -0.2) is 11.8 Å². The largest absolute Gasteiger partial charge is 0.274 e. The SMILES string of the molecule is CC(C)=C1[C@H]2C=C[C@H]1[C@@H]1C(=O)N(c3ccc(C#N)cc3)C(=O)[C@H]12. The fourth-order valence-electron chi connectivity index (χ4n) is 4.37. The number of carbonyl (C=O) groups excluding carboxylic acids is 2. The lowest BCUT2D eigenvalue weighted by Crippen LogP contribution is -2.33. The van der Waals surface area contributed by atoms with Crippen LogP contribution in [0, 0.1) is 35.0 Å². The van der Waals surface area contributed by atoms with E-state index in [1.54, 1.807) is 24.3 Å². The molecule has 1 saturated carbocycles. The average molecular weight is 304 g/mol. The zero-order chi connectivity index (χ0) is 16.3. The van der Waals surface area contributed by atoms with Crippen LogP contribution in [0.25, 0.3) is 0 Å². The van der Waals surface area contributed by atoms with Crippen LogP contribution >= 0.6 is 0 Å². The van der Waals surface area contributed by atoms with Crippen molar-refractivity contribution < 1.29 is 9.59 Å². The van der Waals surface area contributed by atoms with Crippen molar-refractivity contribution in [1.82, 2.24) is 0 Å². The first-order chi connectivity index (χ1) is 11.0. The highest BCUT2D eigenvalue weighted by molar-refractivity contribution is 6.23. The van der Waals surface area contributed by atoms with Gasteiger partial charge in [0.1, 0.15) is 0 Å². The van der Waals surface area contributed by atoms with Crippen molar-refractivity contribution in [3.63, 3.8) is 0 Å². The van der Waals surface area contributed by atoms with Crippen molar-refractivity contribution in [2.75, 3.05) is 4.90 Å². The van der Waals surface area contributed by atoms with Crippen molar-refractivity contribution in [2.24, 2.45) is 23.7 Å². The Kier molecular flexibility index (Phi) is 2.83. The molecular weight excluding hydrogens is 288 g/mol. The Hall–Kier alpha value is -2.67. The Morgan fingerprint density at radius 2 is 1.52 bits per heavy atom. The first-order valence-electron chi connectivity index (χ1n) is 7.78. The Balaban J connectivity index is 1.74. The van der Waals surface area contributed by atoms with E-state index in [1.807, 2.05) is 6.07 Å². The molecule has 1 heterocycles. The molecule has 2 fully saturated rings. The summed E-state index contributed by atoms with van der Waals surface area (Å²) in [6.07, 6.45) is 4.17. The fourth-order valence-corrected chi connectivity index (χ4v) is 4.37. The van der Waals surface area contributed by atoms with E-state index in [1.165, 1.54) is 16.0 Å². The van der Waals surface area contributed by atoms with E-state index in [0.717, 1.165) is 0 Å².